The van der Waals surface area contributed by atoms with Gasteiger partial charge in [-0.15, -0.1) is 0 Å². The Morgan fingerprint density at radius 3 is 2.62 bits per heavy atom. The Labute approximate surface area is 100 Å². The lowest BCUT2D eigenvalue weighted by atomic mass is 10.0. The van der Waals surface area contributed by atoms with Crippen molar-refractivity contribution in [3.05, 3.63) is 0 Å². The van der Waals surface area contributed by atoms with E-state index < -0.39 is 0 Å². The summed E-state index contributed by atoms with van der Waals surface area (Å²) >= 11 is 0. The molecule has 0 radical (unpaired) electrons. The van der Waals surface area contributed by atoms with Crippen molar-refractivity contribution >= 4 is 0 Å². The zero-order chi connectivity index (χ0) is 11.8. The first-order chi connectivity index (χ1) is 7.75. The molecule has 3 heteroatoms. The molecule has 0 amide bonds. The molecule has 3 nitrogen and oxygen atoms in total. The topological polar surface area (TPSA) is 49.5 Å². The summed E-state index contributed by atoms with van der Waals surface area (Å²) in [5.74, 6) is 0. The van der Waals surface area contributed by atoms with Crippen molar-refractivity contribution in [2.24, 2.45) is 5.73 Å². The van der Waals surface area contributed by atoms with Crippen molar-refractivity contribution in [2.45, 2.75) is 63.5 Å². The van der Waals surface area contributed by atoms with Crippen LogP contribution in [0, 0.1) is 0 Å². The van der Waals surface area contributed by atoms with Crippen LogP contribution in [0.1, 0.15) is 51.4 Å². The maximum atomic E-state index is 8.73. The summed E-state index contributed by atoms with van der Waals surface area (Å²) in [5, 5.41) is 8.73. The van der Waals surface area contributed by atoms with Crippen molar-refractivity contribution in [2.75, 3.05) is 20.2 Å². The number of aliphatic hydroxyl groups is 1. The van der Waals surface area contributed by atoms with Gasteiger partial charge in [-0.25, -0.2) is 0 Å². The molecule has 2 unspecified atom stereocenters. The monoisotopic (exact) mass is 228 g/mol. The van der Waals surface area contributed by atoms with E-state index in [-0.39, 0.29) is 0 Å². The molecule has 1 fully saturated rings. The Balaban J connectivity index is 2.24. The van der Waals surface area contributed by atoms with Gasteiger partial charge in [0.25, 0.3) is 0 Å². The lowest BCUT2D eigenvalue weighted by Gasteiger charge is -2.31. The standard InChI is InChI=1S/C13H28N2O/c1-15(10-6-3-7-11-16)13-9-5-2-4-8-12(13)14/h12-13,16H,2-11,14H2,1H3. The number of rotatable bonds is 6. The van der Waals surface area contributed by atoms with Crippen molar-refractivity contribution in [3.8, 4) is 0 Å². The third-order valence-electron chi connectivity index (χ3n) is 3.77. The van der Waals surface area contributed by atoms with Crippen LogP contribution in [0.15, 0.2) is 0 Å². The van der Waals surface area contributed by atoms with E-state index in [0.717, 1.165) is 19.4 Å². The average molecular weight is 228 g/mol. The molecule has 1 rings (SSSR count). The molecular weight excluding hydrogens is 200 g/mol. The number of aliphatic hydroxyl groups excluding tert-OH is 1. The SMILES string of the molecule is CN(CCCCCO)C1CCCCCC1N. The molecule has 96 valence electrons. The minimum absolute atomic E-state index is 0.326. The molecule has 1 saturated carbocycles. The summed E-state index contributed by atoms with van der Waals surface area (Å²) in [6, 6.07) is 0.946. The lowest BCUT2D eigenvalue weighted by molar-refractivity contribution is 0.194. The Kier molecular flexibility index (Phi) is 7.01. The second-order valence-electron chi connectivity index (χ2n) is 5.13. The number of hydrogen-bond acceptors (Lipinski definition) is 3. The Morgan fingerprint density at radius 2 is 1.88 bits per heavy atom. The summed E-state index contributed by atoms with van der Waals surface area (Å²) in [5.41, 5.74) is 6.23. The van der Waals surface area contributed by atoms with E-state index in [1.807, 2.05) is 0 Å². The van der Waals surface area contributed by atoms with Crippen molar-refractivity contribution in [3.63, 3.8) is 0 Å². The molecule has 3 N–H and O–H groups in total. The highest BCUT2D eigenvalue weighted by Gasteiger charge is 2.23. The van der Waals surface area contributed by atoms with Crippen molar-refractivity contribution in [1.29, 1.82) is 0 Å². The van der Waals surface area contributed by atoms with Gasteiger partial charge in [0, 0.05) is 18.7 Å². The Morgan fingerprint density at radius 1 is 1.12 bits per heavy atom. The highest BCUT2D eigenvalue weighted by molar-refractivity contribution is 4.83. The number of nitrogens with two attached hydrogens (primary N) is 1. The summed E-state index contributed by atoms with van der Waals surface area (Å²) in [6.07, 6.45) is 9.68. The Hall–Kier alpha value is -0.120. The van der Waals surface area contributed by atoms with E-state index in [1.165, 1.54) is 38.5 Å². The predicted octanol–water partition coefficient (Wildman–Crippen LogP) is 1.74. The molecule has 16 heavy (non-hydrogen) atoms. The molecular formula is C13H28N2O. The summed E-state index contributed by atoms with van der Waals surface area (Å²) in [4.78, 5) is 2.44. The molecule has 0 aromatic carbocycles. The third kappa shape index (κ3) is 4.81. The summed E-state index contributed by atoms with van der Waals surface area (Å²) in [7, 11) is 2.20. The van der Waals surface area contributed by atoms with Gasteiger partial charge in [-0.05, 0) is 45.7 Å². The van der Waals surface area contributed by atoms with Gasteiger partial charge >= 0.3 is 0 Å². The van der Waals surface area contributed by atoms with E-state index in [2.05, 4.69) is 11.9 Å². The van der Waals surface area contributed by atoms with Gasteiger partial charge < -0.3 is 15.7 Å². The maximum Gasteiger partial charge on any atom is 0.0431 e. The largest absolute Gasteiger partial charge is 0.396 e. The minimum Gasteiger partial charge on any atom is -0.396 e. The van der Waals surface area contributed by atoms with Crippen molar-refractivity contribution in [1.82, 2.24) is 4.90 Å². The smallest absolute Gasteiger partial charge is 0.0431 e. The van der Waals surface area contributed by atoms with E-state index in [0.29, 0.717) is 18.7 Å². The van der Waals surface area contributed by atoms with E-state index >= 15 is 0 Å². The van der Waals surface area contributed by atoms with E-state index in [4.69, 9.17) is 10.8 Å². The zero-order valence-corrected chi connectivity index (χ0v) is 10.7. The molecule has 0 aromatic rings. The Bertz CT molecular complexity index is 175. The number of nitrogens with zero attached hydrogens (tertiary/aromatic N) is 1. The van der Waals surface area contributed by atoms with Crippen molar-refractivity contribution < 1.29 is 5.11 Å². The molecule has 2 atom stereocenters. The highest BCUT2D eigenvalue weighted by Crippen LogP contribution is 2.20. The average Bonchev–Trinajstić information content (AvgIpc) is 2.49. The van der Waals surface area contributed by atoms with Crippen LogP contribution in [0.4, 0.5) is 0 Å². The number of hydrogen-bond donors (Lipinski definition) is 2. The quantitative estimate of drug-likeness (QED) is 0.538. The van der Waals surface area contributed by atoms with Crippen LogP contribution in [0.2, 0.25) is 0 Å². The minimum atomic E-state index is 0.326. The molecule has 1 aliphatic carbocycles. The molecule has 0 heterocycles. The number of unbranched alkanes of at least 4 members (excludes halogenated alkanes) is 2. The van der Waals surface area contributed by atoms with Gasteiger partial charge in [-0.2, -0.15) is 0 Å². The normalized spacial score (nSPS) is 27.0. The van der Waals surface area contributed by atoms with E-state index in [9.17, 15) is 0 Å². The molecule has 0 spiro atoms. The first kappa shape index (κ1) is 13.9. The van der Waals surface area contributed by atoms with Gasteiger partial charge in [0.1, 0.15) is 0 Å². The van der Waals surface area contributed by atoms with Crippen LogP contribution in [0.25, 0.3) is 0 Å². The van der Waals surface area contributed by atoms with Gasteiger partial charge in [0.15, 0.2) is 0 Å². The molecule has 0 aromatic heterocycles. The second kappa shape index (κ2) is 8.04. The first-order valence-electron chi connectivity index (χ1n) is 6.82. The van der Waals surface area contributed by atoms with Gasteiger partial charge in [0.05, 0.1) is 0 Å². The fourth-order valence-corrected chi connectivity index (χ4v) is 2.68. The summed E-state index contributed by atoms with van der Waals surface area (Å²) < 4.78 is 0. The highest BCUT2D eigenvalue weighted by atomic mass is 16.2. The molecule has 0 saturated heterocycles. The zero-order valence-electron chi connectivity index (χ0n) is 10.7. The van der Waals surface area contributed by atoms with Crippen LogP contribution in [0.5, 0.6) is 0 Å². The fraction of sp³-hybridized carbons (Fsp3) is 1.00. The van der Waals surface area contributed by atoms with Gasteiger partial charge in [-0.1, -0.05) is 19.3 Å². The summed E-state index contributed by atoms with van der Waals surface area (Å²) in [6.45, 7) is 1.45. The van der Waals surface area contributed by atoms with Gasteiger partial charge in [-0.3, -0.25) is 0 Å². The molecule has 0 aliphatic heterocycles. The second-order valence-corrected chi connectivity index (χ2v) is 5.13. The van der Waals surface area contributed by atoms with Crippen LogP contribution in [-0.4, -0.2) is 42.3 Å². The predicted molar refractivity (Wildman–Crippen MR) is 68.4 cm³/mol. The van der Waals surface area contributed by atoms with Crippen LogP contribution in [-0.2, 0) is 0 Å². The van der Waals surface area contributed by atoms with Crippen LogP contribution in [0.3, 0.4) is 0 Å². The first-order valence-corrected chi connectivity index (χ1v) is 6.82. The number of likely N-dealkylation sites (N-methyl/N-ethyl adjacent to an activating group) is 1. The van der Waals surface area contributed by atoms with Crippen LogP contribution >= 0.6 is 0 Å². The molecule has 0 bridgehead atoms. The van der Waals surface area contributed by atoms with Crippen LogP contribution < -0.4 is 5.73 Å². The van der Waals surface area contributed by atoms with Gasteiger partial charge in [0.2, 0.25) is 0 Å². The third-order valence-corrected chi connectivity index (χ3v) is 3.77. The fourth-order valence-electron chi connectivity index (χ4n) is 2.68. The molecule has 1 aliphatic rings. The van der Waals surface area contributed by atoms with E-state index in [1.54, 1.807) is 0 Å². The maximum absolute atomic E-state index is 8.73. The lowest BCUT2D eigenvalue weighted by Crippen LogP contribution is -2.45.